The number of carboxylic acids is 1. The topological polar surface area (TPSA) is 102 Å². The van der Waals surface area contributed by atoms with Crippen LogP contribution < -0.4 is 5.11 Å². The van der Waals surface area contributed by atoms with Gasteiger partial charge in [0.2, 0.25) is 0 Å². The van der Waals surface area contributed by atoms with Gasteiger partial charge in [0.15, 0.2) is 6.10 Å². The maximum absolute atomic E-state index is 12.7. The minimum atomic E-state index is -1.13. The minimum Gasteiger partial charge on any atom is -0.544 e. The average molecular weight is 790 g/mol. The molecule has 8 heteroatoms. The van der Waals surface area contributed by atoms with Gasteiger partial charge in [0.05, 0.1) is 40.3 Å². The molecule has 0 radical (unpaired) electrons. The summed E-state index contributed by atoms with van der Waals surface area (Å²) in [7, 11) is 5.40. The van der Waals surface area contributed by atoms with E-state index in [0.29, 0.717) is 12.8 Å². The largest absolute Gasteiger partial charge is 0.544 e. The zero-order chi connectivity index (χ0) is 41.4. The summed E-state index contributed by atoms with van der Waals surface area (Å²) < 4.78 is 17.2. The van der Waals surface area contributed by atoms with Crippen molar-refractivity contribution in [3.63, 3.8) is 0 Å². The molecule has 8 nitrogen and oxygen atoms in total. The molecular formula is C48H87NO7. The zero-order valence-corrected chi connectivity index (χ0v) is 37.1. The highest BCUT2D eigenvalue weighted by molar-refractivity contribution is 5.70. The molecule has 2 atom stereocenters. The molecule has 56 heavy (non-hydrogen) atoms. The Morgan fingerprint density at radius 1 is 0.536 bits per heavy atom. The molecule has 0 aromatic rings. The molecule has 0 saturated heterocycles. The molecule has 2 unspecified atom stereocenters. The number of nitrogens with zero attached hydrogens (tertiary/aromatic N) is 1. The number of rotatable bonds is 41. The van der Waals surface area contributed by atoms with Crippen LogP contribution in [-0.4, -0.2) is 75.5 Å². The van der Waals surface area contributed by atoms with E-state index < -0.39 is 18.1 Å². The van der Waals surface area contributed by atoms with E-state index in [1.165, 1.54) is 109 Å². The van der Waals surface area contributed by atoms with Crippen LogP contribution in [0.4, 0.5) is 0 Å². The predicted octanol–water partition coefficient (Wildman–Crippen LogP) is 11.3. The number of carbonyl (C=O) groups is 3. The summed E-state index contributed by atoms with van der Waals surface area (Å²) in [6.45, 7) is 4.61. The van der Waals surface area contributed by atoms with Gasteiger partial charge < -0.3 is 28.6 Å². The predicted molar refractivity (Wildman–Crippen MR) is 231 cm³/mol. The molecule has 0 N–H and O–H groups in total. The summed E-state index contributed by atoms with van der Waals surface area (Å²) in [5, 5.41) is 11.6. The molecule has 0 aliphatic rings. The number of unbranched alkanes of at least 4 members (excludes halogenated alkanes) is 21. The summed E-state index contributed by atoms with van der Waals surface area (Å²) in [4.78, 5) is 36.8. The number of allylic oxidation sites excluding steroid dienone is 6. The summed E-state index contributed by atoms with van der Waals surface area (Å²) in [5.74, 6) is -1.75. The Balaban J connectivity index is 4.27. The lowest BCUT2D eigenvalue weighted by Gasteiger charge is -2.34. The van der Waals surface area contributed by atoms with Crippen molar-refractivity contribution in [2.45, 2.75) is 212 Å². The van der Waals surface area contributed by atoms with E-state index in [2.05, 4.69) is 50.3 Å². The Morgan fingerprint density at radius 3 is 1.45 bits per heavy atom. The van der Waals surface area contributed by atoms with Crippen molar-refractivity contribution in [1.29, 1.82) is 0 Å². The van der Waals surface area contributed by atoms with Gasteiger partial charge >= 0.3 is 11.9 Å². The first kappa shape index (κ1) is 53.6. The number of ether oxygens (including phenoxy) is 3. The summed E-state index contributed by atoms with van der Waals surface area (Å²) >= 11 is 0. The molecule has 0 saturated carbocycles. The number of hydrogen-bond donors (Lipinski definition) is 0. The van der Waals surface area contributed by atoms with Crippen LogP contribution in [0.25, 0.3) is 0 Å². The van der Waals surface area contributed by atoms with Gasteiger partial charge in [-0.1, -0.05) is 153 Å². The fraction of sp³-hybridized carbons (Fsp3) is 0.812. The Morgan fingerprint density at radius 2 is 0.964 bits per heavy atom. The first-order valence-electron chi connectivity index (χ1n) is 23.0. The zero-order valence-electron chi connectivity index (χ0n) is 37.1. The highest BCUT2D eigenvalue weighted by atomic mass is 16.6. The second kappa shape index (κ2) is 39.4. The smallest absolute Gasteiger partial charge is 0.306 e. The van der Waals surface area contributed by atoms with E-state index in [1.807, 2.05) is 0 Å². The lowest BCUT2D eigenvalue weighted by Crippen LogP contribution is -2.55. The molecule has 0 amide bonds. The molecule has 326 valence electrons. The van der Waals surface area contributed by atoms with Crippen molar-refractivity contribution in [3.8, 4) is 0 Å². The lowest BCUT2D eigenvalue weighted by molar-refractivity contribution is -0.889. The van der Waals surface area contributed by atoms with Crippen molar-refractivity contribution in [1.82, 2.24) is 0 Å². The van der Waals surface area contributed by atoms with Crippen LogP contribution >= 0.6 is 0 Å². The Kier molecular flexibility index (Phi) is 37.7. The second-order valence-corrected chi connectivity index (χ2v) is 16.6. The minimum absolute atomic E-state index is 0.0375. The number of hydrogen-bond acceptors (Lipinski definition) is 7. The maximum Gasteiger partial charge on any atom is 0.306 e. The number of carbonyl (C=O) groups excluding carboxylic acids is 3. The SMILES string of the molecule is CCCC/C=C\CCCCCCCC(=O)OCC(COCCC(C(=O)[O-])[N+](C)(C)C)OC(=O)CCCCCCCCCCC/C=C\C/C=C\CCCCCCC. The van der Waals surface area contributed by atoms with Crippen LogP contribution in [0.3, 0.4) is 0 Å². The Hall–Kier alpha value is -2.45. The van der Waals surface area contributed by atoms with Gasteiger partial charge in [0.1, 0.15) is 12.6 Å². The van der Waals surface area contributed by atoms with Crippen LogP contribution in [0, 0.1) is 0 Å². The summed E-state index contributed by atoms with van der Waals surface area (Å²) in [5.41, 5.74) is 0. The molecule has 0 bridgehead atoms. The van der Waals surface area contributed by atoms with Gasteiger partial charge in [-0.05, 0) is 64.2 Å². The van der Waals surface area contributed by atoms with Gasteiger partial charge in [-0.15, -0.1) is 0 Å². The lowest BCUT2D eigenvalue weighted by atomic mass is 10.1. The van der Waals surface area contributed by atoms with Crippen LogP contribution in [0.5, 0.6) is 0 Å². The third-order valence-corrected chi connectivity index (χ3v) is 10.2. The summed E-state index contributed by atoms with van der Waals surface area (Å²) in [6, 6.07) is -0.726. The quantitative estimate of drug-likeness (QED) is 0.0263. The fourth-order valence-electron chi connectivity index (χ4n) is 6.61. The Bertz CT molecular complexity index is 1020. The Labute approximate surface area is 344 Å². The van der Waals surface area contributed by atoms with E-state index in [9.17, 15) is 19.5 Å². The van der Waals surface area contributed by atoms with Crippen LogP contribution in [0.1, 0.15) is 200 Å². The molecule has 0 aliphatic carbocycles. The van der Waals surface area contributed by atoms with Crippen LogP contribution in [0.2, 0.25) is 0 Å². The number of likely N-dealkylation sites (N-methyl/N-ethyl adjacent to an activating group) is 1. The van der Waals surface area contributed by atoms with Crippen LogP contribution in [0.15, 0.2) is 36.5 Å². The molecule has 0 aromatic heterocycles. The van der Waals surface area contributed by atoms with Crippen molar-refractivity contribution in [2.75, 3.05) is 41.0 Å². The number of quaternary nitrogens is 1. The third-order valence-electron chi connectivity index (χ3n) is 10.2. The van der Waals surface area contributed by atoms with E-state index in [1.54, 1.807) is 21.1 Å². The van der Waals surface area contributed by atoms with Gasteiger partial charge in [0, 0.05) is 19.3 Å². The van der Waals surface area contributed by atoms with Gasteiger partial charge in [-0.3, -0.25) is 9.59 Å². The monoisotopic (exact) mass is 790 g/mol. The van der Waals surface area contributed by atoms with Crippen LogP contribution in [-0.2, 0) is 28.6 Å². The van der Waals surface area contributed by atoms with Crippen molar-refractivity contribution in [2.24, 2.45) is 0 Å². The number of esters is 2. The first-order valence-corrected chi connectivity index (χ1v) is 23.0. The van der Waals surface area contributed by atoms with Crippen molar-refractivity contribution in [3.05, 3.63) is 36.5 Å². The van der Waals surface area contributed by atoms with E-state index in [-0.39, 0.29) is 42.7 Å². The molecule has 0 rings (SSSR count). The van der Waals surface area contributed by atoms with E-state index >= 15 is 0 Å². The molecule has 0 fully saturated rings. The highest BCUT2D eigenvalue weighted by Crippen LogP contribution is 2.14. The van der Waals surface area contributed by atoms with Gasteiger partial charge in [-0.25, -0.2) is 0 Å². The van der Waals surface area contributed by atoms with Crippen molar-refractivity contribution < 1.29 is 38.2 Å². The second-order valence-electron chi connectivity index (χ2n) is 16.6. The summed E-state index contributed by atoms with van der Waals surface area (Å²) in [6.07, 6.45) is 44.5. The number of aliphatic carboxylic acids is 1. The standard InChI is InChI=1S/C48H87NO7/c1-6-8-10-12-14-16-18-19-20-21-22-23-24-25-26-27-29-31-33-35-37-39-47(51)56-44(42-54-41-40-45(48(52)53)49(3,4)5)43-55-46(50)38-36-34-32-30-28-17-15-13-11-9-7-2/h13,15,18-19,21-22,44-45H,6-12,14,16-17,20,23-43H2,1-5H3/b15-13-,19-18-,22-21-. The molecule has 0 heterocycles. The fourth-order valence-corrected chi connectivity index (χ4v) is 6.61. The van der Waals surface area contributed by atoms with Gasteiger partial charge in [-0.2, -0.15) is 0 Å². The van der Waals surface area contributed by atoms with Gasteiger partial charge in [0.25, 0.3) is 0 Å². The first-order chi connectivity index (χ1) is 27.1. The van der Waals surface area contributed by atoms with E-state index in [0.717, 1.165) is 57.8 Å². The third kappa shape index (κ3) is 37.1. The molecule has 0 aliphatic heterocycles. The van der Waals surface area contributed by atoms with E-state index in [4.69, 9.17) is 14.2 Å². The molecule has 0 aromatic carbocycles. The normalized spacial score (nSPS) is 13.2. The average Bonchev–Trinajstić information content (AvgIpc) is 3.15. The highest BCUT2D eigenvalue weighted by Gasteiger charge is 2.25. The molecule has 0 spiro atoms. The number of carboxylic acid groups (broad SMARTS) is 1. The maximum atomic E-state index is 12.7. The molecular weight excluding hydrogens is 703 g/mol. The van der Waals surface area contributed by atoms with Crippen molar-refractivity contribution >= 4 is 17.9 Å².